The van der Waals surface area contributed by atoms with Crippen molar-refractivity contribution < 1.29 is 18.0 Å². The highest BCUT2D eigenvalue weighted by Crippen LogP contribution is 2.59. The molecule has 4 fully saturated rings. The third-order valence-electron chi connectivity index (χ3n) is 7.18. The van der Waals surface area contributed by atoms with E-state index in [0.29, 0.717) is 18.8 Å². The zero-order chi connectivity index (χ0) is 21.9. The van der Waals surface area contributed by atoms with Crippen LogP contribution < -0.4 is 15.8 Å². The van der Waals surface area contributed by atoms with E-state index in [9.17, 15) is 18.0 Å². The van der Waals surface area contributed by atoms with Gasteiger partial charge in [0.05, 0.1) is 5.02 Å². The number of carbonyl (C=O) groups is 2. The minimum absolute atomic E-state index is 0.0642. The van der Waals surface area contributed by atoms with Crippen LogP contribution in [-0.2, 0) is 19.6 Å². The van der Waals surface area contributed by atoms with Gasteiger partial charge >= 0.3 is 0 Å². The highest BCUT2D eigenvalue weighted by molar-refractivity contribution is 7.89. The lowest BCUT2D eigenvalue weighted by Crippen LogP contribution is -2.65. The minimum atomic E-state index is -3.98. The molecule has 0 spiro atoms. The maximum Gasteiger partial charge on any atom is 0.243 e. The molecule has 2 amide bonds. The number of hydrogen-bond acceptors (Lipinski definition) is 4. The van der Waals surface area contributed by atoms with Crippen molar-refractivity contribution in [2.45, 2.75) is 62.4 Å². The Morgan fingerprint density at radius 1 is 1.13 bits per heavy atom. The molecule has 0 aliphatic heterocycles. The predicted molar refractivity (Wildman–Crippen MR) is 113 cm³/mol. The zero-order valence-electron chi connectivity index (χ0n) is 17.2. The Hall–Kier alpha value is -1.64. The number of carbonyl (C=O) groups excluding carboxylic acids is 2. The average Bonchev–Trinajstić information content (AvgIpc) is 2.63. The van der Waals surface area contributed by atoms with Crippen LogP contribution in [0.2, 0.25) is 5.02 Å². The first-order chi connectivity index (χ1) is 13.9. The summed E-state index contributed by atoms with van der Waals surface area (Å²) < 4.78 is 28.1. The molecule has 0 radical (unpaired) electrons. The summed E-state index contributed by atoms with van der Waals surface area (Å²) in [5.41, 5.74) is 3.93. The van der Waals surface area contributed by atoms with E-state index in [2.05, 4.69) is 10.0 Å². The molecule has 4 bridgehead atoms. The zero-order valence-corrected chi connectivity index (χ0v) is 18.7. The van der Waals surface area contributed by atoms with Crippen LogP contribution in [0.1, 0.15) is 46.0 Å². The first kappa shape index (κ1) is 21.6. The van der Waals surface area contributed by atoms with Gasteiger partial charge in [-0.1, -0.05) is 23.7 Å². The molecule has 164 valence electrons. The van der Waals surface area contributed by atoms with Gasteiger partial charge in [-0.25, -0.2) is 8.42 Å². The Labute approximate surface area is 182 Å². The number of amides is 2. The van der Waals surface area contributed by atoms with E-state index in [4.69, 9.17) is 17.3 Å². The normalized spacial score (nSPS) is 32.8. The molecule has 30 heavy (non-hydrogen) atoms. The van der Waals surface area contributed by atoms with Gasteiger partial charge in [-0.15, -0.1) is 0 Å². The van der Waals surface area contributed by atoms with Gasteiger partial charge in [-0.3, -0.25) is 9.59 Å². The number of halogens is 1. The second-order valence-corrected chi connectivity index (χ2v) is 11.8. The highest BCUT2D eigenvalue weighted by Gasteiger charge is 2.58. The van der Waals surface area contributed by atoms with Gasteiger partial charge in [-0.2, -0.15) is 4.72 Å². The lowest BCUT2D eigenvalue weighted by molar-refractivity contribution is -0.148. The third kappa shape index (κ3) is 3.63. The van der Waals surface area contributed by atoms with E-state index >= 15 is 0 Å². The number of hydrogen-bond donors (Lipinski definition) is 3. The van der Waals surface area contributed by atoms with Crippen LogP contribution >= 0.6 is 11.6 Å². The third-order valence-corrected chi connectivity index (χ3v) is 9.33. The Balaban J connectivity index is 1.49. The second kappa shape index (κ2) is 7.21. The van der Waals surface area contributed by atoms with E-state index in [0.717, 1.165) is 19.3 Å². The Kier molecular flexibility index (Phi) is 5.19. The molecule has 2 unspecified atom stereocenters. The molecule has 0 heterocycles. The summed E-state index contributed by atoms with van der Waals surface area (Å²) in [6.45, 7) is 3.08. The van der Waals surface area contributed by atoms with Crippen molar-refractivity contribution in [2.24, 2.45) is 28.9 Å². The fourth-order valence-corrected chi connectivity index (χ4v) is 7.89. The second-order valence-electron chi connectivity index (χ2n) is 9.77. The molecule has 9 heteroatoms. The molecule has 4 aliphatic carbocycles. The van der Waals surface area contributed by atoms with Crippen molar-refractivity contribution >= 4 is 33.4 Å². The SMILES string of the molecule is CC(C)(NS(=O)(=O)c1ccccc1Cl)C(=O)NC1C2CC3CC1CC(C(N)=O)(C3)C2. The molecule has 1 aromatic carbocycles. The molecule has 0 saturated heterocycles. The van der Waals surface area contributed by atoms with E-state index in [1.165, 1.54) is 26.0 Å². The van der Waals surface area contributed by atoms with Gasteiger partial charge in [0.1, 0.15) is 10.4 Å². The quantitative estimate of drug-likeness (QED) is 0.611. The van der Waals surface area contributed by atoms with Crippen LogP contribution in [0.3, 0.4) is 0 Å². The van der Waals surface area contributed by atoms with Gasteiger partial charge in [-0.05, 0) is 75.8 Å². The molecular weight excluding hydrogens is 426 g/mol. The maximum atomic E-state index is 13.1. The van der Waals surface area contributed by atoms with Crippen LogP contribution in [0.5, 0.6) is 0 Å². The summed E-state index contributed by atoms with van der Waals surface area (Å²) in [5, 5.41) is 3.19. The fourth-order valence-electron chi connectivity index (χ4n) is 5.99. The monoisotopic (exact) mass is 453 g/mol. The number of rotatable bonds is 6. The topological polar surface area (TPSA) is 118 Å². The number of sulfonamides is 1. The predicted octanol–water partition coefficient (Wildman–Crippen LogP) is 2.19. The van der Waals surface area contributed by atoms with Gasteiger partial charge in [0.15, 0.2) is 0 Å². The van der Waals surface area contributed by atoms with Crippen LogP contribution in [0.15, 0.2) is 29.2 Å². The molecule has 4 aliphatic rings. The van der Waals surface area contributed by atoms with Crippen molar-refractivity contribution in [1.82, 2.24) is 10.0 Å². The summed E-state index contributed by atoms with van der Waals surface area (Å²) in [7, 11) is -3.98. The van der Waals surface area contributed by atoms with Crippen molar-refractivity contribution in [3.63, 3.8) is 0 Å². The molecule has 2 atom stereocenters. The van der Waals surface area contributed by atoms with E-state index in [1.807, 2.05) is 0 Å². The van der Waals surface area contributed by atoms with Gasteiger partial charge in [0.25, 0.3) is 0 Å². The van der Waals surface area contributed by atoms with Crippen molar-refractivity contribution in [2.75, 3.05) is 0 Å². The molecule has 1 aromatic rings. The van der Waals surface area contributed by atoms with E-state index < -0.39 is 21.0 Å². The van der Waals surface area contributed by atoms with Gasteiger partial charge < -0.3 is 11.1 Å². The first-order valence-electron chi connectivity index (χ1n) is 10.3. The lowest BCUT2D eigenvalue weighted by atomic mass is 9.47. The minimum Gasteiger partial charge on any atom is -0.369 e. The summed E-state index contributed by atoms with van der Waals surface area (Å²) in [5.74, 6) is 0.269. The summed E-state index contributed by atoms with van der Waals surface area (Å²) in [6.07, 6.45) is 4.21. The largest absolute Gasteiger partial charge is 0.369 e. The Morgan fingerprint density at radius 2 is 1.73 bits per heavy atom. The smallest absolute Gasteiger partial charge is 0.243 e. The lowest BCUT2D eigenvalue weighted by Gasteiger charge is -2.59. The molecule has 5 rings (SSSR count). The molecule has 4 saturated carbocycles. The van der Waals surface area contributed by atoms with Crippen LogP contribution in [0.25, 0.3) is 0 Å². The maximum absolute atomic E-state index is 13.1. The molecular formula is C21H28ClN3O4S. The number of benzene rings is 1. The molecule has 0 aromatic heterocycles. The Bertz CT molecular complexity index is 978. The van der Waals surface area contributed by atoms with Crippen molar-refractivity contribution in [1.29, 1.82) is 0 Å². The molecule has 4 N–H and O–H groups in total. The van der Waals surface area contributed by atoms with Crippen molar-refractivity contribution in [3.05, 3.63) is 29.3 Å². The fraction of sp³-hybridized carbons (Fsp3) is 0.619. The van der Waals surface area contributed by atoms with Gasteiger partial charge in [0.2, 0.25) is 21.8 Å². The number of nitrogens with two attached hydrogens (primary N) is 1. The van der Waals surface area contributed by atoms with E-state index in [-0.39, 0.29) is 39.6 Å². The van der Waals surface area contributed by atoms with Crippen LogP contribution in [-0.4, -0.2) is 31.8 Å². The average molecular weight is 454 g/mol. The number of primary amides is 1. The van der Waals surface area contributed by atoms with Crippen molar-refractivity contribution in [3.8, 4) is 0 Å². The Morgan fingerprint density at radius 3 is 2.30 bits per heavy atom. The number of nitrogens with one attached hydrogen (secondary N) is 2. The standard InChI is InChI=1S/C21H28ClN3O4S/c1-20(2,25-30(28,29)16-6-4-3-5-15(16)22)19(27)24-17-13-7-12-8-14(17)11-21(9-12,10-13)18(23)26/h3-6,12-14,17,25H,7-11H2,1-2H3,(H2,23,26)(H,24,27). The summed E-state index contributed by atoms with van der Waals surface area (Å²) >= 11 is 6.04. The van der Waals surface area contributed by atoms with E-state index in [1.54, 1.807) is 12.1 Å². The molecule has 7 nitrogen and oxygen atoms in total. The highest BCUT2D eigenvalue weighted by atomic mass is 35.5. The van der Waals surface area contributed by atoms with Crippen LogP contribution in [0, 0.1) is 23.2 Å². The van der Waals surface area contributed by atoms with Crippen LogP contribution in [0.4, 0.5) is 0 Å². The summed E-state index contributed by atoms with van der Waals surface area (Å²) in [4.78, 5) is 25.1. The first-order valence-corrected chi connectivity index (χ1v) is 12.2. The summed E-state index contributed by atoms with van der Waals surface area (Å²) in [6, 6.07) is 6.05. The van der Waals surface area contributed by atoms with Gasteiger partial charge in [0, 0.05) is 11.5 Å².